The molecule has 1 aliphatic rings. The van der Waals surface area contributed by atoms with Crippen LogP contribution >= 0.6 is 0 Å². The molecule has 1 aromatic rings. The van der Waals surface area contributed by atoms with E-state index in [9.17, 15) is 4.79 Å². The van der Waals surface area contributed by atoms with Gasteiger partial charge in [0.1, 0.15) is 6.10 Å². The molecule has 2 rings (SSSR count). The topological polar surface area (TPSA) is 55.3 Å². The molecule has 1 fully saturated rings. The molecule has 0 N–H and O–H groups in total. The zero-order chi connectivity index (χ0) is 15.1. The number of unbranched alkanes of at least 4 members (excludes halogenated alkanes) is 1. The zero-order valence-electron chi connectivity index (χ0n) is 13.0. The third kappa shape index (κ3) is 4.69. The first-order valence-electron chi connectivity index (χ1n) is 7.98. The second kappa shape index (κ2) is 7.96. The molecular weight excluding hydrogens is 266 g/mol. The molecule has 0 bridgehead atoms. The standard InChI is InChI=1S/C16H25N3O2/c1-3-5-8-15(20)19-9-6-7-14(12-19)21-16-17-10-13(4-2)11-18-16/h10-11,14H,3-9,12H2,1-2H3. The predicted octanol–water partition coefficient (Wildman–Crippen LogP) is 2.60. The minimum absolute atomic E-state index is 0.0109. The molecule has 0 aliphatic carbocycles. The fraction of sp³-hybridized carbons (Fsp3) is 0.688. The van der Waals surface area contributed by atoms with Gasteiger partial charge in [-0.05, 0) is 31.2 Å². The van der Waals surface area contributed by atoms with Crippen molar-refractivity contribution in [3.05, 3.63) is 18.0 Å². The van der Waals surface area contributed by atoms with Gasteiger partial charge in [0.2, 0.25) is 5.91 Å². The maximum atomic E-state index is 12.1. The summed E-state index contributed by atoms with van der Waals surface area (Å²) in [5.74, 6) is 0.243. The minimum atomic E-state index is 0.0109. The van der Waals surface area contributed by atoms with Gasteiger partial charge in [-0.15, -0.1) is 0 Å². The van der Waals surface area contributed by atoms with Crippen LogP contribution in [-0.2, 0) is 11.2 Å². The maximum Gasteiger partial charge on any atom is 0.316 e. The fourth-order valence-corrected chi connectivity index (χ4v) is 2.48. The summed E-state index contributed by atoms with van der Waals surface area (Å²) in [5.41, 5.74) is 1.10. The number of carbonyl (C=O) groups is 1. The van der Waals surface area contributed by atoms with Crippen LogP contribution in [0.4, 0.5) is 0 Å². The summed E-state index contributed by atoms with van der Waals surface area (Å²) < 4.78 is 5.82. The molecule has 2 heterocycles. The van der Waals surface area contributed by atoms with Crippen molar-refractivity contribution in [2.24, 2.45) is 0 Å². The SMILES string of the molecule is CCCCC(=O)N1CCCC(Oc2ncc(CC)cn2)C1. The first-order valence-corrected chi connectivity index (χ1v) is 7.98. The number of piperidine rings is 1. The van der Waals surface area contributed by atoms with Crippen molar-refractivity contribution in [2.45, 2.75) is 58.5 Å². The van der Waals surface area contributed by atoms with Gasteiger partial charge in [-0.25, -0.2) is 9.97 Å². The van der Waals surface area contributed by atoms with Crippen molar-refractivity contribution in [1.29, 1.82) is 0 Å². The van der Waals surface area contributed by atoms with E-state index in [1.54, 1.807) is 12.4 Å². The Balaban J connectivity index is 1.86. The van der Waals surface area contributed by atoms with Gasteiger partial charge >= 0.3 is 6.01 Å². The van der Waals surface area contributed by atoms with Crippen molar-refractivity contribution < 1.29 is 9.53 Å². The Hall–Kier alpha value is -1.65. The van der Waals surface area contributed by atoms with Crippen molar-refractivity contribution in [3.63, 3.8) is 0 Å². The molecule has 0 spiro atoms. The Morgan fingerprint density at radius 3 is 2.81 bits per heavy atom. The smallest absolute Gasteiger partial charge is 0.316 e. The highest BCUT2D eigenvalue weighted by Crippen LogP contribution is 2.16. The van der Waals surface area contributed by atoms with Crippen LogP contribution in [0.3, 0.4) is 0 Å². The quantitative estimate of drug-likeness (QED) is 0.808. The van der Waals surface area contributed by atoms with Gasteiger partial charge in [0.05, 0.1) is 6.54 Å². The van der Waals surface area contributed by atoms with Crippen LogP contribution in [0.25, 0.3) is 0 Å². The normalized spacial score (nSPS) is 18.6. The van der Waals surface area contributed by atoms with E-state index in [0.717, 1.165) is 44.2 Å². The molecule has 1 aliphatic heterocycles. The van der Waals surface area contributed by atoms with E-state index in [2.05, 4.69) is 23.8 Å². The number of aryl methyl sites for hydroxylation is 1. The highest BCUT2D eigenvalue weighted by atomic mass is 16.5. The number of carbonyl (C=O) groups excluding carboxylic acids is 1. The molecule has 0 aromatic carbocycles. The number of rotatable bonds is 6. The van der Waals surface area contributed by atoms with Crippen LogP contribution in [0.1, 0.15) is 51.5 Å². The molecule has 1 aromatic heterocycles. The van der Waals surface area contributed by atoms with E-state index in [4.69, 9.17) is 4.74 Å². The van der Waals surface area contributed by atoms with Gasteiger partial charge < -0.3 is 9.64 Å². The van der Waals surface area contributed by atoms with Gasteiger partial charge in [-0.1, -0.05) is 20.3 Å². The molecule has 0 radical (unpaired) electrons. The molecule has 116 valence electrons. The lowest BCUT2D eigenvalue weighted by Crippen LogP contribution is -2.44. The van der Waals surface area contributed by atoms with Gasteiger partial charge in [-0.3, -0.25) is 4.79 Å². The number of nitrogens with zero attached hydrogens (tertiary/aromatic N) is 3. The number of amides is 1. The highest BCUT2D eigenvalue weighted by molar-refractivity contribution is 5.76. The first-order chi connectivity index (χ1) is 10.2. The lowest BCUT2D eigenvalue weighted by Gasteiger charge is -2.32. The van der Waals surface area contributed by atoms with Crippen molar-refractivity contribution >= 4 is 5.91 Å². The molecule has 5 nitrogen and oxygen atoms in total. The summed E-state index contributed by atoms with van der Waals surface area (Å²) in [4.78, 5) is 22.5. The van der Waals surface area contributed by atoms with E-state index in [-0.39, 0.29) is 12.0 Å². The Kier molecular flexibility index (Phi) is 5.96. The largest absolute Gasteiger partial charge is 0.458 e. The average Bonchev–Trinajstić information content (AvgIpc) is 2.53. The number of hydrogen-bond donors (Lipinski definition) is 0. The van der Waals surface area contributed by atoms with Crippen LogP contribution in [-0.4, -0.2) is 40.0 Å². The Labute approximate surface area is 126 Å². The minimum Gasteiger partial charge on any atom is -0.458 e. The van der Waals surface area contributed by atoms with Crippen LogP contribution in [0.5, 0.6) is 6.01 Å². The van der Waals surface area contributed by atoms with E-state index in [0.29, 0.717) is 19.0 Å². The van der Waals surface area contributed by atoms with Crippen molar-refractivity contribution in [2.75, 3.05) is 13.1 Å². The highest BCUT2D eigenvalue weighted by Gasteiger charge is 2.25. The summed E-state index contributed by atoms with van der Waals surface area (Å²) in [7, 11) is 0. The number of likely N-dealkylation sites (tertiary alicyclic amines) is 1. The number of ether oxygens (including phenoxy) is 1. The lowest BCUT2D eigenvalue weighted by atomic mass is 10.1. The molecule has 1 amide bonds. The monoisotopic (exact) mass is 291 g/mol. The summed E-state index contributed by atoms with van der Waals surface area (Å²) in [5, 5.41) is 0. The molecule has 5 heteroatoms. The van der Waals surface area contributed by atoms with E-state index < -0.39 is 0 Å². The van der Waals surface area contributed by atoms with Gasteiger partial charge in [0.25, 0.3) is 0 Å². The molecule has 21 heavy (non-hydrogen) atoms. The summed E-state index contributed by atoms with van der Waals surface area (Å²) >= 11 is 0. The molecule has 1 saturated heterocycles. The van der Waals surface area contributed by atoms with E-state index >= 15 is 0 Å². The van der Waals surface area contributed by atoms with Crippen LogP contribution < -0.4 is 4.74 Å². The summed E-state index contributed by atoms with van der Waals surface area (Å²) in [6, 6.07) is 0.417. The van der Waals surface area contributed by atoms with Gasteiger partial charge in [0.15, 0.2) is 0 Å². The Bertz CT molecular complexity index is 447. The van der Waals surface area contributed by atoms with Crippen molar-refractivity contribution in [3.8, 4) is 6.01 Å². The molecule has 1 unspecified atom stereocenters. The summed E-state index contributed by atoms with van der Waals surface area (Å²) in [6.07, 6.45) is 9.13. The van der Waals surface area contributed by atoms with Gasteiger partial charge in [-0.2, -0.15) is 0 Å². The van der Waals surface area contributed by atoms with Crippen molar-refractivity contribution in [1.82, 2.24) is 14.9 Å². The number of aromatic nitrogens is 2. The zero-order valence-corrected chi connectivity index (χ0v) is 13.0. The average molecular weight is 291 g/mol. The number of hydrogen-bond acceptors (Lipinski definition) is 4. The Morgan fingerprint density at radius 2 is 2.14 bits per heavy atom. The summed E-state index contributed by atoms with van der Waals surface area (Å²) in [6.45, 7) is 5.67. The van der Waals surface area contributed by atoms with E-state index in [1.807, 2.05) is 4.90 Å². The molecule has 0 saturated carbocycles. The lowest BCUT2D eigenvalue weighted by molar-refractivity contribution is -0.134. The third-order valence-corrected chi connectivity index (χ3v) is 3.84. The maximum absolute atomic E-state index is 12.1. The molecule has 1 atom stereocenters. The fourth-order valence-electron chi connectivity index (χ4n) is 2.48. The first kappa shape index (κ1) is 15.7. The Morgan fingerprint density at radius 1 is 1.38 bits per heavy atom. The van der Waals surface area contributed by atoms with Crippen LogP contribution in [0, 0.1) is 0 Å². The van der Waals surface area contributed by atoms with E-state index in [1.165, 1.54) is 0 Å². The second-order valence-electron chi connectivity index (χ2n) is 5.55. The van der Waals surface area contributed by atoms with Gasteiger partial charge in [0, 0.05) is 25.4 Å². The van der Waals surface area contributed by atoms with Crippen LogP contribution in [0.2, 0.25) is 0 Å². The second-order valence-corrected chi connectivity index (χ2v) is 5.55. The van der Waals surface area contributed by atoms with Crippen LogP contribution in [0.15, 0.2) is 12.4 Å². The predicted molar refractivity (Wildman–Crippen MR) is 81.2 cm³/mol. The molecular formula is C16H25N3O2. The third-order valence-electron chi connectivity index (χ3n) is 3.84.